The smallest absolute Gasteiger partial charge is 0.139 e. The predicted molar refractivity (Wildman–Crippen MR) is 139 cm³/mol. The van der Waals surface area contributed by atoms with Crippen molar-refractivity contribution in [2.24, 2.45) is 0 Å². The van der Waals surface area contributed by atoms with E-state index in [0.717, 1.165) is 58.3 Å². The summed E-state index contributed by atoms with van der Waals surface area (Å²) in [6, 6.07) is 13.6. The molecule has 0 saturated carbocycles. The van der Waals surface area contributed by atoms with E-state index in [4.69, 9.17) is 9.84 Å². The molecule has 4 N–H and O–H groups in total. The molecule has 0 fully saturated rings. The Morgan fingerprint density at radius 2 is 1.56 bits per heavy atom. The molecule has 1 aromatic carbocycles. The first kappa shape index (κ1) is 31.0. The van der Waals surface area contributed by atoms with Gasteiger partial charge in [-0.05, 0) is 56.3 Å². The number of aromatic hydroxyl groups is 1. The van der Waals surface area contributed by atoms with Gasteiger partial charge in [0, 0.05) is 19.8 Å². The van der Waals surface area contributed by atoms with Crippen LogP contribution in [0.5, 0.6) is 5.75 Å². The zero-order valence-electron chi connectivity index (χ0n) is 18.6. The van der Waals surface area contributed by atoms with Crippen molar-refractivity contribution in [2.75, 3.05) is 26.3 Å². The molecule has 0 aliphatic carbocycles. The Morgan fingerprint density at radius 1 is 0.875 bits per heavy atom. The minimum absolute atomic E-state index is 0. The van der Waals surface area contributed by atoms with Gasteiger partial charge in [-0.2, -0.15) is 0 Å². The summed E-state index contributed by atoms with van der Waals surface area (Å²) < 4.78 is 5.72. The number of pyridine rings is 1. The quantitative estimate of drug-likeness (QED) is 0.217. The molecule has 0 aliphatic rings. The molecular formula is C24H38Br2N2O4. The Hall–Kier alpha value is -1.03. The zero-order valence-corrected chi connectivity index (χ0v) is 22.0. The van der Waals surface area contributed by atoms with Crippen LogP contribution in [0.1, 0.15) is 61.6 Å². The lowest BCUT2D eigenvalue weighted by atomic mass is 10.1. The monoisotopic (exact) mass is 576 g/mol. The minimum Gasteiger partial charge on any atom is -0.506 e. The number of nitrogens with zero attached hydrogens (tertiary/aromatic N) is 1. The van der Waals surface area contributed by atoms with E-state index in [1.807, 2.05) is 0 Å². The molecule has 0 saturated heterocycles. The van der Waals surface area contributed by atoms with Crippen molar-refractivity contribution in [3.8, 4) is 5.75 Å². The number of unbranched alkanes of at least 4 members (excludes halogenated alkanes) is 4. The van der Waals surface area contributed by atoms with Crippen LogP contribution in [0.4, 0.5) is 0 Å². The van der Waals surface area contributed by atoms with Crippen molar-refractivity contribution < 1.29 is 20.1 Å². The van der Waals surface area contributed by atoms with E-state index in [9.17, 15) is 10.2 Å². The molecule has 0 bridgehead atoms. The van der Waals surface area contributed by atoms with Crippen molar-refractivity contribution in [1.82, 2.24) is 10.3 Å². The SMILES string of the molecule is Br.Br.OCc1nc(C(O)CNCCCCCCOCCCCc2ccccc2)ccc1O. The normalized spacial score (nSPS) is 11.4. The van der Waals surface area contributed by atoms with Crippen LogP contribution in [-0.2, 0) is 17.8 Å². The molecule has 8 heteroatoms. The zero-order chi connectivity index (χ0) is 21.4. The third kappa shape index (κ3) is 12.9. The fraction of sp³-hybridized carbons (Fsp3) is 0.542. The summed E-state index contributed by atoms with van der Waals surface area (Å²) in [5.74, 6) is -0.0578. The van der Waals surface area contributed by atoms with Gasteiger partial charge in [-0.25, -0.2) is 4.98 Å². The molecule has 1 unspecified atom stereocenters. The van der Waals surface area contributed by atoms with Gasteiger partial charge in [-0.3, -0.25) is 0 Å². The van der Waals surface area contributed by atoms with Crippen molar-refractivity contribution >= 4 is 34.0 Å². The van der Waals surface area contributed by atoms with E-state index in [2.05, 4.69) is 40.6 Å². The van der Waals surface area contributed by atoms with Gasteiger partial charge in [0.05, 0.1) is 12.3 Å². The van der Waals surface area contributed by atoms with Gasteiger partial charge in [-0.1, -0.05) is 43.2 Å². The van der Waals surface area contributed by atoms with Crippen molar-refractivity contribution in [3.63, 3.8) is 0 Å². The number of hydrogen-bond donors (Lipinski definition) is 4. The van der Waals surface area contributed by atoms with E-state index in [-0.39, 0.29) is 52.0 Å². The number of aryl methyl sites for hydroxylation is 1. The van der Waals surface area contributed by atoms with Gasteiger partial charge in [-0.15, -0.1) is 34.0 Å². The molecular weight excluding hydrogens is 540 g/mol. The van der Waals surface area contributed by atoms with Crippen LogP contribution >= 0.6 is 34.0 Å². The lowest BCUT2D eigenvalue weighted by Crippen LogP contribution is -2.23. The number of aliphatic hydroxyl groups is 2. The number of benzene rings is 1. The number of rotatable bonds is 16. The van der Waals surface area contributed by atoms with Crippen LogP contribution in [0.15, 0.2) is 42.5 Å². The Labute approximate surface area is 213 Å². The molecule has 0 radical (unpaired) electrons. The Morgan fingerprint density at radius 3 is 2.28 bits per heavy atom. The topological polar surface area (TPSA) is 94.8 Å². The molecule has 2 rings (SSSR count). The number of nitrogens with one attached hydrogen (secondary N) is 1. The standard InChI is InChI=1S/C24H36N2O4.2BrH/c27-19-22-23(28)14-13-21(26-22)24(29)18-25-15-7-1-2-8-16-30-17-9-6-12-20-10-4-3-5-11-20;;/h3-5,10-11,13-14,24-25,27-29H,1-2,6-9,12,15-19H2;2*1H. The summed E-state index contributed by atoms with van der Waals surface area (Å²) in [5, 5.41) is 32.0. The first-order valence-corrected chi connectivity index (χ1v) is 11.0. The Kier molecular flexibility index (Phi) is 18.8. The summed E-state index contributed by atoms with van der Waals surface area (Å²) in [4.78, 5) is 4.08. The Bertz CT molecular complexity index is 708. The molecule has 0 aliphatic heterocycles. The number of aliphatic hydroxyl groups excluding tert-OH is 2. The molecule has 182 valence electrons. The molecule has 32 heavy (non-hydrogen) atoms. The first-order valence-electron chi connectivity index (χ1n) is 11.0. The maximum absolute atomic E-state index is 10.2. The maximum Gasteiger partial charge on any atom is 0.139 e. The van der Waals surface area contributed by atoms with Crippen LogP contribution in [0.25, 0.3) is 0 Å². The maximum atomic E-state index is 10.2. The molecule has 1 atom stereocenters. The second kappa shape index (κ2) is 19.4. The van der Waals surface area contributed by atoms with Crippen LogP contribution in [0.2, 0.25) is 0 Å². The van der Waals surface area contributed by atoms with Gasteiger partial charge < -0.3 is 25.4 Å². The highest BCUT2D eigenvalue weighted by Gasteiger charge is 2.11. The van der Waals surface area contributed by atoms with Gasteiger partial charge in [0.15, 0.2) is 0 Å². The molecule has 1 aromatic heterocycles. The van der Waals surface area contributed by atoms with Crippen LogP contribution in [0.3, 0.4) is 0 Å². The lowest BCUT2D eigenvalue weighted by Gasteiger charge is -2.13. The fourth-order valence-electron chi connectivity index (χ4n) is 3.24. The summed E-state index contributed by atoms with van der Waals surface area (Å²) in [6.45, 7) is 2.56. The van der Waals surface area contributed by atoms with Gasteiger partial charge >= 0.3 is 0 Å². The van der Waals surface area contributed by atoms with Crippen LogP contribution in [-0.4, -0.2) is 46.6 Å². The fourth-order valence-corrected chi connectivity index (χ4v) is 3.24. The molecule has 0 amide bonds. The van der Waals surface area contributed by atoms with Gasteiger partial charge in [0.1, 0.15) is 17.5 Å². The van der Waals surface area contributed by atoms with E-state index in [1.54, 1.807) is 6.07 Å². The largest absolute Gasteiger partial charge is 0.506 e. The predicted octanol–water partition coefficient (Wildman–Crippen LogP) is 4.66. The van der Waals surface area contributed by atoms with Crippen molar-refractivity contribution in [3.05, 3.63) is 59.4 Å². The van der Waals surface area contributed by atoms with Crippen LogP contribution < -0.4 is 5.32 Å². The third-order valence-electron chi connectivity index (χ3n) is 5.04. The average Bonchev–Trinajstić information content (AvgIpc) is 2.77. The average molecular weight is 578 g/mol. The second-order valence-electron chi connectivity index (χ2n) is 7.55. The third-order valence-corrected chi connectivity index (χ3v) is 5.04. The molecule has 6 nitrogen and oxygen atoms in total. The van der Waals surface area contributed by atoms with E-state index in [0.29, 0.717) is 12.2 Å². The van der Waals surface area contributed by atoms with Crippen molar-refractivity contribution in [1.29, 1.82) is 0 Å². The minimum atomic E-state index is -0.758. The number of hydrogen-bond acceptors (Lipinski definition) is 6. The highest BCUT2D eigenvalue weighted by atomic mass is 79.9. The van der Waals surface area contributed by atoms with E-state index >= 15 is 0 Å². The van der Waals surface area contributed by atoms with E-state index < -0.39 is 6.10 Å². The highest BCUT2D eigenvalue weighted by Crippen LogP contribution is 2.18. The van der Waals surface area contributed by atoms with Crippen LogP contribution in [0, 0.1) is 0 Å². The number of ether oxygens (including phenoxy) is 1. The van der Waals surface area contributed by atoms with Gasteiger partial charge in [0.2, 0.25) is 0 Å². The van der Waals surface area contributed by atoms with Crippen molar-refractivity contribution in [2.45, 2.75) is 57.7 Å². The highest BCUT2D eigenvalue weighted by molar-refractivity contribution is 8.93. The summed E-state index contributed by atoms with van der Waals surface area (Å²) >= 11 is 0. The molecule has 2 aromatic rings. The lowest BCUT2D eigenvalue weighted by molar-refractivity contribution is 0.126. The summed E-state index contributed by atoms with van der Waals surface area (Å²) in [6.07, 6.45) is 7.06. The summed E-state index contributed by atoms with van der Waals surface area (Å²) in [5.41, 5.74) is 2.03. The van der Waals surface area contributed by atoms with Gasteiger partial charge in [0.25, 0.3) is 0 Å². The number of halogens is 2. The number of aromatic nitrogens is 1. The first-order chi connectivity index (χ1) is 14.7. The summed E-state index contributed by atoms with van der Waals surface area (Å²) in [7, 11) is 0. The Balaban J connectivity index is 0.00000480. The second-order valence-corrected chi connectivity index (χ2v) is 7.55. The molecule has 1 heterocycles. The molecule has 0 spiro atoms. The van der Waals surface area contributed by atoms with E-state index in [1.165, 1.54) is 18.1 Å².